The van der Waals surface area contributed by atoms with Gasteiger partial charge in [0, 0.05) is 28.4 Å². The van der Waals surface area contributed by atoms with Gasteiger partial charge in [-0.15, -0.1) is 0 Å². The molecule has 27 heavy (non-hydrogen) atoms. The van der Waals surface area contributed by atoms with Crippen LogP contribution in [0.1, 0.15) is 5.56 Å². The standard InChI is InChI=1S/C20H15N3O4/c21-10-13(20(27)22-15-5-7-16(24)8-6-15)9-14-11-23(12-19(25)26)18-4-2-1-3-17(14)18/h1-9,11,24H,12H2,(H,22,27)(H,25,26). The van der Waals surface area contributed by atoms with Gasteiger partial charge in [-0.25, -0.2) is 0 Å². The van der Waals surface area contributed by atoms with Gasteiger partial charge in [-0.2, -0.15) is 5.26 Å². The summed E-state index contributed by atoms with van der Waals surface area (Å²) in [6.45, 7) is -0.226. The predicted molar refractivity (Wildman–Crippen MR) is 99.9 cm³/mol. The summed E-state index contributed by atoms with van der Waals surface area (Å²) in [5.41, 5.74) is 1.58. The van der Waals surface area contributed by atoms with Gasteiger partial charge in [0.05, 0.1) is 0 Å². The molecule has 0 atom stereocenters. The molecule has 0 aliphatic carbocycles. The molecule has 1 heterocycles. The fourth-order valence-corrected chi connectivity index (χ4v) is 2.71. The third kappa shape index (κ3) is 3.96. The van der Waals surface area contributed by atoms with Crippen LogP contribution in [0.25, 0.3) is 17.0 Å². The van der Waals surface area contributed by atoms with Crippen molar-refractivity contribution >= 4 is 34.5 Å². The van der Waals surface area contributed by atoms with E-state index in [2.05, 4.69) is 5.32 Å². The maximum absolute atomic E-state index is 12.4. The Morgan fingerprint density at radius 3 is 2.52 bits per heavy atom. The Kier molecular flexibility index (Phi) is 4.90. The second-order valence-corrected chi connectivity index (χ2v) is 5.79. The van der Waals surface area contributed by atoms with Crippen molar-refractivity contribution in [2.75, 3.05) is 5.32 Å². The van der Waals surface area contributed by atoms with Crippen LogP contribution in [-0.2, 0) is 16.1 Å². The largest absolute Gasteiger partial charge is 0.508 e. The van der Waals surface area contributed by atoms with E-state index in [0.29, 0.717) is 16.8 Å². The van der Waals surface area contributed by atoms with Crippen LogP contribution in [0.2, 0.25) is 0 Å². The van der Waals surface area contributed by atoms with Crippen molar-refractivity contribution in [3.05, 3.63) is 65.9 Å². The molecule has 0 aliphatic heterocycles. The molecule has 0 radical (unpaired) electrons. The second kappa shape index (κ2) is 7.45. The van der Waals surface area contributed by atoms with Crippen molar-refractivity contribution in [2.45, 2.75) is 6.54 Å². The summed E-state index contributed by atoms with van der Waals surface area (Å²) < 4.78 is 1.55. The van der Waals surface area contributed by atoms with Crippen LogP contribution in [0.15, 0.2) is 60.3 Å². The molecule has 0 fully saturated rings. The van der Waals surface area contributed by atoms with Crippen LogP contribution in [0.5, 0.6) is 5.75 Å². The van der Waals surface area contributed by atoms with Crippen molar-refractivity contribution in [3.63, 3.8) is 0 Å². The number of rotatable bonds is 5. The molecular weight excluding hydrogens is 346 g/mol. The highest BCUT2D eigenvalue weighted by atomic mass is 16.4. The molecule has 134 valence electrons. The summed E-state index contributed by atoms with van der Waals surface area (Å²) in [7, 11) is 0. The average Bonchev–Trinajstić information content (AvgIpc) is 2.98. The number of benzene rings is 2. The van der Waals surface area contributed by atoms with Crippen LogP contribution in [-0.4, -0.2) is 26.7 Å². The lowest BCUT2D eigenvalue weighted by molar-refractivity contribution is -0.137. The minimum absolute atomic E-state index is 0.0651. The number of nitrogens with one attached hydrogen (secondary N) is 1. The van der Waals surface area contributed by atoms with Crippen LogP contribution in [0.4, 0.5) is 5.69 Å². The summed E-state index contributed by atoms with van der Waals surface area (Å²) in [5.74, 6) is -1.52. The molecule has 2 aromatic carbocycles. The Labute approximate surface area is 154 Å². The first-order valence-electron chi connectivity index (χ1n) is 8.00. The summed E-state index contributed by atoms with van der Waals surface area (Å²) in [4.78, 5) is 23.5. The SMILES string of the molecule is N#CC(=Cc1cn(CC(=O)O)c2ccccc12)C(=O)Nc1ccc(O)cc1. The Bertz CT molecular complexity index is 1090. The van der Waals surface area contributed by atoms with Gasteiger partial charge in [0.15, 0.2) is 0 Å². The second-order valence-electron chi connectivity index (χ2n) is 5.79. The normalized spacial score (nSPS) is 11.1. The molecule has 0 spiro atoms. The van der Waals surface area contributed by atoms with E-state index >= 15 is 0 Å². The number of anilines is 1. The molecule has 7 nitrogen and oxygen atoms in total. The van der Waals surface area contributed by atoms with Gasteiger partial charge in [-0.1, -0.05) is 18.2 Å². The lowest BCUT2D eigenvalue weighted by atomic mass is 10.1. The van der Waals surface area contributed by atoms with E-state index in [4.69, 9.17) is 5.11 Å². The molecular formula is C20H15N3O4. The Hall–Kier alpha value is -4.05. The van der Waals surface area contributed by atoms with Crippen molar-refractivity contribution in [1.29, 1.82) is 5.26 Å². The fourth-order valence-electron chi connectivity index (χ4n) is 2.71. The lowest BCUT2D eigenvalue weighted by Crippen LogP contribution is -2.13. The van der Waals surface area contributed by atoms with Gasteiger partial charge in [0.25, 0.3) is 5.91 Å². The zero-order chi connectivity index (χ0) is 19.4. The van der Waals surface area contributed by atoms with Crippen molar-refractivity contribution in [3.8, 4) is 11.8 Å². The van der Waals surface area contributed by atoms with E-state index in [1.54, 1.807) is 35.0 Å². The van der Waals surface area contributed by atoms with Crippen molar-refractivity contribution in [1.82, 2.24) is 4.57 Å². The first kappa shape index (κ1) is 17.8. The molecule has 1 amide bonds. The van der Waals surface area contributed by atoms with Gasteiger partial charge in [-0.3, -0.25) is 9.59 Å². The summed E-state index contributed by atoms with van der Waals surface area (Å²) >= 11 is 0. The number of nitriles is 1. The zero-order valence-electron chi connectivity index (χ0n) is 14.1. The van der Waals surface area contributed by atoms with E-state index < -0.39 is 11.9 Å². The maximum Gasteiger partial charge on any atom is 0.323 e. The van der Waals surface area contributed by atoms with E-state index in [1.165, 1.54) is 30.3 Å². The number of carbonyl (C=O) groups excluding carboxylic acids is 1. The predicted octanol–water partition coefficient (Wildman–Crippen LogP) is 2.98. The highest BCUT2D eigenvalue weighted by Gasteiger charge is 2.13. The number of aliphatic carboxylic acids is 1. The number of carboxylic acid groups (broad SMARTS) is 1. The zero-order valence-corrected chi connectivity index (χ0v) is 14.1. The average molecular weight is 361 g/mol. The number of hydrogen-bond acceptors (Lipinski definition) is 4. The number of fused-ring (bicyclic) bond motifs is 1. The molecule has 3 rings (SSSR count). The number of phenolic OH excluding ortho intramolecular Hbond substituents is 1. The van der Waals surface area contributed by atoms with Crippen LogP contribution in [0, 0.1) is 11.3 Å². The Morgan fingerprint density at radius 1 is 1.15 bits per heavy atom. The Balaban J connectivity index is 1.95. The number of carboxylic acids is 1. The van der Waals surface area contributed by atoms with Crippen molar-refractivity contribution < 1.29 is 19.8 Å². The van der Waals surface area contributed by atoms with Crippen LogP contribution in [0.3, 0.4) is 0 Å². The first-order chi connectivity index (χ1) is 13.0. The topological polar surface area (TPSA) is 115 Å². The van der Waals surface area contributed by atoms with E-state index in [9.17, 15) is 20.0 Å². The molecule has 0 saturated heterocycles. The number of amides is 1. The minimum atomic E-state index is -0.989. The number of nitrogens with zero attached hydrogens (tertiary/aromatic N) is 2. The minimum Gasteiger partial charge on any atom is -0.508 e. The third-order valence-corrected chi connectivity index (χ3v) is 3.92. The third-order valence-electron chi connectivity index (χ3n) is 3.92. The molecule has 1 aromatic heterocycles. The summed E-state index contributed by atoms with van der Waals surface area (Å²) in [6.07, 6.45) is 3.03. The van der Waals surface area contributed by atoms with Crippen molar-refractivity contribution in [2.24, 2.45) is 0 Å². The smallest absolute Gasteiger partial charge is 0.323 e. The molecule has 0 aliphatic rings. The van der Waals surface area contributed by atoms with Gasteiger partial charge < -0.3 is 20.1 Å². The molecule has 7 heteroatoms. The van der Waals surface area contributed by atoms with Gasteiger partial charge in [-0.05, 0) is 36.4 Å². The number of para-hydroxylation sites is 1. The number of aromatic hydroxyl groups is 1. The van der Waals surface area contributed by atoms with Crippen LogP contribution < -0.4 is 5.32 Å². The molecule has 3 N–H and O–H groups in total. The lowest BCUT2D eigenvalue weighted by Gasteiger charge is -2.04. The van der Waals surface area contributed by atoms with Gasteiger partial charge in [0.2, 0.25) is 0 Å². The first-order valence-corrected chi connectivity index (χ1v) is 8.00. The number of aromatic nitrogens is 1. The number of hydrogen-bond donors (Lipinski definition) is 3. The molecule has 0 bridgehead atoms. The number of carbonyl (C=O) groups is 2. The van der Waals surface area contributed by atoms with Gasteiger partial charge in [0.1, 0.15) is 23.9 Å². The monoisotopic (exact) mass is 361 g/mol. The Morgan fingerprint density at radius 2 is 1.85 bits per heavy atom. The highest BCUT2D eigenvalue weighted by molar-refractivity contribution is 6.10. The van der Waals surface area contributed by atoms with Gasteiger partial charge >= 0.3 is 5.97 Å². The van der Waals surface area contributed by atoms with Crippen LogP contribution >= 0.6 is 0 Å². The van der Waals surface area contributed by atoms with E-state index in [1.807, 2.05) is 6.07 Å². The quantitative estimate of drug-likeness (QED) is 0.367. The van der Waals surface area contributed by atoms with E-state index in [-0.39, 0.29) is 17.9 Å². The molecule has 0 saturated carbocycles. The highest BCUT2D eigenvalue weighted by Crippen LogP contribution is 2.24. The fraction of sp³-hybridized carbons (Fsp3) is 0.0500. The van der Waals surface area contributed by atoms with E-state index in [0.717, 1.165) is 5.39 Å². The maximum atomic E-state index is 12.4. The molecule has 0 unspecified atom stereocenters. The summed E-state index contributed by atoms with van der Waals surface area (Å²) in [6, 6.07) is 14.9. The summed E-state index contributed by atoms with van der Waals surface area (Å²) in [5, 5.41) is 31.1. The molecule has 3 aromatic rings. The number of phenols is 1.